The molecule has 1 aliphatic carbocycles. The van der Waals surface area contributed by atoms with E-state index < -0.39 is 0 Å². The smallest absolute Gasteiger partial charge is 0.0283 e. The number of hydrogen-bond donors (Lipinski definition) is 0. The van der Waals surface area contributed by atoms with Crippen LogP contribution in [0.15, 0.2) is 24.3 Å². The molecule has 1 fully saturated rings. The zero-order chi connectivity index (χ0) is 13.4. The van der Waals surface area contributed by atoms with Gasteiger partial charge in [-0.05, 0) is 47.1 Å². The molecule has 1 unspecified atom stereocenters. The van der Waals surface area contributed by atoms with Gasteiger partial charge in [0.25, 0.3) is 0 Å². The Bertz CT molecular complexity index is 395. The van der Waals surface area contributed by atoms with Gasteiger partial charge in [0.2, 0.25) is 0 Å². The van der Waals surface area contributed by atoms with Crippen LogP contribution in [0.2, 0.25) is 0 Å². The Labute approximate surface area is 117 Å². The Morgan fingerprint density at radius 1 is 1.06 bits per heavy atom. The highest BCUT2D eigenvalue weighted by atomic mass is 35.5. The lowest BCUT2D eigenvalue weighted by Gasteiger charge is -2.27. The van der Waals surface area contributed by atoms with Crippen LogP contribution in [0.1, 0.15) is 51.7 Å². The maximum absolute atomic E-state index is 6.20. The number of alkyl halides is 1. The zero-order valence-corrected chi connectivity index (χ0v) is 12.8. The molecule has 0 nitrogen and oxygen atoms in total. The van der Waals surface area contributed by atoms with Crippen molar-refractivity contribution in [3.63, 3.8) is 0 Å². The Hall–Kier alpha value is -0.490. The van der Waals surface area contributed by atoms with E-state index in [9.17, 15) is 0 Å². The van der Waals surface area contributed by atoms with Crippen molar-refractivity contribution in [3.8, 4) is 0 Å². The summed E-state index contributed by atoms with van der Waals surface area (Å²) in [6.07, 6.45) is 3.85. The predicted molar refractivity (Wildman–Crippen MR) is 80.4 cm³/mol. The number of halogens is 1. The van der Waals surface area contributed by atoms with Crippen molar-refractivity contribution < 1.29 is 0 Å². The molecule has 0 bridgehead atoms. The van der Waals surface area contributed by atoms with Crippen molar-refractivity contribution in [2.45, 2.75) is 52.4 Å². The first-order valence-electron chi connectivity index (χ1n) is 7.00. The van der Waals surface area contributed by atoms with Crippen LogP contribution in [0.3, 0.4) is 0 Å². The van der Waals surface area contributed by atoms with Crippen LogP contribution in [0.5, 0.6) is 0 Å². The standard InChI is InChI=1S/C17H25Cl/c1-16(2,3)14-7-5-13(6-8-14)11-17(4,12-18)15-9-10-15/h5-8,15H,9-12H2,1-4H3. The summed E-state index contributed by atoms with van der Waals surface area (Å²) in [7, 11) is 0. The monoisotopic (exact) mass is 264 g/mol. The molecule has 1 atom stereocenters. The summed E-state index contributed by atoms with van der Waals surface area (Å²) in [6, 6.07) is 9.12. The van der Waals surface area contributed by atoms with Crippen LogP contribution in [-0.2, 0) is 11.8 Å². The van der Waals surface area contributed by atoms with Crippen molar-refractivity contribution in [1.29, 1.82) is 0 Å². The van der Waals surface area contributed by atoms with Crippen LogP contribution in [0.25, 0.3) is 0 Å². The van der Waals surface area contributed by atoms with E-state index in [1.807, 2.05) is 0 Å². The maximum Gasteiger partial charge on any atom is 0.0283 e. The van der Waals surface area contributed by atoms with Gasteiger partial charge in [0.05, 0.1) is 0 Å². The quantitative estimate of drug-likeness (QED) is 0.657. The van der Waals surface area contributed by atoms with Crippen LogP contribution < -0.4 is 0 Å². The van der Waals surface area contributed by atoms with E-state index in [-0.39, 0.29) is 5.41 Å². The molecule has 2 rings (SSSR count). The second-order valence-corrected chi connectivity index (χ2v) is 7.45. The third kappa shape index (κ3) is 3.09. The third-order valence-electron chi connectivity index (χ3n) is 4.30. The van der Waals surface area contributed by atoms with Gasteiger partial charge in [0, 0.05) is 5.88 Å². The van der Waals surface area contributed by atoms with E-state index in [2.05, 4.69) is 52.0 Å². The predicted octanol–water partition coefficient (Wildman–Crippen LogP) is 5.18. The van der Waals surface area contributed by atoms with Crippen molar-refractivity contribution in [2.75, 3.05) is 5.88 Å². The minimum Gasteiger partial charge on any atom is -0.126 e. The third-order valence-corrected chi connectivity index (χ3v) is 4.91. The van der Waals surface area contributed by atoms with Crippen molar-refractivity contribution >= 4 is 11.6 Å². The van der Waals surface area contributed by atoms with Gasteiger partial charge < -0.3 is 0 Å². The Balaban J connectivity index is 2.10. The molecule has 0 N–H and O–H groups in total. The molecule has 0 saturated heterocycles. The second-order valence-electron chi connectivity index (χ2n) is 7.19. The number of benzene rings is 1. The highest BCUT2D eigenvalue weighted by Gasteiger charge is 2.40. The highest BCUT2D eigenvalue weighted by Crippen LogP contribution is 2.48. The summed E-state index contributed by atoms with van der Waals surface area (Å²) in [5.74, 6) is 1.62. The molecular weight excluding hydrogens is 240 g/mol. The molecule has 0 amide bonds. The SMILES string of the molecule is CC(C)(C)c1ccc(CC(C)(CCl)C2CC2)cc1. The lowest BCUT2D eigenvalue weighted by atomic mass is 9.80. The lowest BCUT2D eigenvalue weighted by Crippen LogP contribution is -2.24. The maximum atomic E-state index is 6.20. The van der Waals surface area contributed by atoms with E-state index in [4.69, 9.17) is 11.6 Å². The minimum atomic E-state index is 0.241. The summed E-state index contributed by atoms with van der Waals surface area (Å²) in [5, 5.41) is 0. The Kier molecular flexibility index (Phi) is 3.78. The second kappa shape index (κ2) is 4.89. The van der Waals surface area contributed by atoms with Gasteiger partial charge in [0.15, 0.2) is 0 Å². The summed E-state index contributed by atoms with van der Waals surface area (Å²) < 4.78 is 0. The highest BCUT2D eigenvalue weighted by molar-refractivity contribution is 6.18. The fourth-order valence-electron chi connectivity index (χ4n) is 2.67. The number of rotatable bonds is 4. The van der Waals surface area contributed by atoms with Crippen molar-refractivity contribution in [2.24, 2.45) is 11.3 Å². The summed E-state index contributed by atoms with van der Waals surface area (Å²) in [5.41, 5.74) is 3.37. The first-order valence-corrected chi connectivity index (χ1v) is 7.54. The summed E-state index contributed by atoms with van der Waals surface area (Å²) in [4.78, 5) is 0. The normalized spacial score (nSPS) is 19.6. The van der Waals surface area contributed by atoms with Gasteiger partial charge in [-0.2, -0.15) is 0 Å². The van der Waals surface area contributed by atoms with E-state index in [1.165, 1.54) is 24.0 Å². The fourth-order valence-corrected chi connectivity index (χ4v) is 2.98. The molecule has 18 heavy (non-hydrogen) atoms. The van der Waals surface area contributed by atoms with Gasteiger partial charge in [-0.25, -0.2) is 0 Å². The Morgan fingerprint density at radius 2 is 1.61 bits per heavy atom. The minimum absolute atomic E-state index is 0.241. The van der Waals surface area contributed by atoms with Crippen molar-refractivity contribution in [1.82, 2.24) is 0 Å². The van der Waals surface area contributed by atoms with Gasteiger partial charge >= 0.3 is 0 Å². The summed E-state index contributed by atoms with van der Waals surface area (Å²) in [6.45, 7) is 9.12. The molecule has 1 heteroatoms. The van der Waals surface area contributed by atoms with Crippen molar-refractivity contribution in [3.05, 3.63) is 35.4 Å². The summed E-state index contributed by atoms with van der Waals surface area (Å²) >= 11 is 6.20. The molecule has 1 aromatic rings. The molecule has 1 aromatic carbocycles. The molecule has 0 aromatic heterocycles. The van der Waals surface area contributed by atoms with Gasteiger partial charge in [-0.15, -0.1) is 11.6 Å². The van der Waals surface area contributed by atoms with Crippen LogP contribution >= 0.6 is 11.6 Å². The largest absolute Gasteiger partial charge is 0.126 e. The zero-order valence-electron chi connectivity index (χ0n) is 12.1. The molecule has 0 spiro atoms. The first-order chi connectivity index (χ1) is 8.35. The van der Waals surface area contributed by atoms with Crippen LogP contribution in [0.4, 0.5) is 0 Å². The van der Waals surface area contributed by atoms with Gasteiger partial charge in [-0.1, -0.05) is 52.0 Å². The van der Waals surface area contributed by atoms with E-state index in [0.29, 0.717) is 5.41 Å². The average molecular weight is 265 g/mol. The van der Waals surface area contributed by atoms with Gasteiger partial charge in [-0.3, -0.25) is 0 Å². The van der Waals surface area contributed by atoms with Crippen LogP contribution in [0, 0.1) is 11.3 Å². The number of hydrogen-bond acceptors (Lipinski definition) is 0. The average Bonchev–Trinajstić information content (AvgIpc) is 3.12. The first kappa shape index (κ1) is 13.9. The Morgan fingerprint density at radius 3 is 2.00 bits per heavy atom. The molecule has 0 aliphatic heterocycles. The molecule has 1 saturated carbocycles. The van der Waals surface area contributed by atoms with E-state index in [1.54, 1.807) is 0 Å². The van der Waals surface area contributed by atoms with E-state index in [0.717, 1.165) is 18.2 Å². The van der Waals surface area contributed by atoms with Gasteiger partial charge in [0.1, 0.15) is 0 Å². The molecule has 0 heterocycles. The van der Waals surface area contributed by atoms with Crippen LogP contribution in [-0.4, -0.2) is 5.88 Å². The van der Waals surface area contributed by atoms with E-state index >= 15 is 0 Å². The fraction of sp³-hybridized carbons (Fsp3) is 0.647. The molecule has 0 radical (unpaired) electrons. The molecule has 1 aliphatic rings. The lowest BCUT2D eigenvalue weighted by molar-refractivity contribution is 0.313. The molecular formula is C17H25Cl. The molecule has 100 valence electrons. The topological polar surface area (TPSA) is 0 Å².